The lowest BCUT2D eigenvalue weighted by Gasteiger charge is -2.38. The fourth-order valence-electron chi connectivity index (χ4n) is 3.66. The van der Waals surface area contributed by atoms with Crippen LogP contribution >= 0.6 is 22.9 Å². The Morgan fingerprint density at radius 1 is 1.29 bits per heavy atom. The fraction of sp³-hybridized carbons (Fsp3) is 0.500. The van der Waals surface area contributed by atoms with Crippen molar-refractivity contribution in [1.29, 1.82) is 0 Å². The Kier molecular flexibility index (Phi) is 3.23. The SMILES string of the molecule is O=C(c1cscn1)N1C2CCC1CC(n1cc(Cl)cn1)C2. The first-order valence-electron chi connectivity index (χ1n) is 7.13. The van der Waals surface area contributed by atoms with E-state index >= 15 is 0 Å². The number of amides is 1. The van der Waals surface area contributed by atoms with Crippen molar-refractivity contribution < 1.29 is 4.79 Å². The normalized spacial score (nSPS) is 28.0. The molecule has 7 heteroatoms. The minimum atomic E-state index is 0.0840. The molecule has 2 aliphatic heterocycles. The summed E-state index contributed by atoms with van der Waals surface area (Å²) in [6, 6.07) is 0.936. The Labute approximate surface area is 131 Å². The van der Waals surface area contributed by atoms with Gasteiger partial charge in [0, 0.05) is 23.7 Å². The number of fused-ring (bicyclic) bond motifs is 2. The molecular formula is C14H15ClN4OS. The van der Waals surface area contributed by atoms with Gasteiger partial charge in [0.25, 0.3) is 5.91 Å². The number of halogens is 1. The average Bonchev–Trinajstić information content (AvgIpc) is 3.18. The second-order valence-corrected chi connectivity index (χ2v) is 6.89. The van der Waals surface area contributed by atoms with E-state index in [2.05, 4.69) is 15.0 Å². The third kappa shape index (κ3) is 2.26. The maximum absolute atomic E-state index is 12.6. The van der Waals surface area contributed by atoms with Crippen LogP contribution in [0.4, 0.5) is 0 Å². The summed E-state index contributed by atoms with van der Waals surface area (Å²) in [7, 11) is 0. The van der Waals surface area contributed by atoms with E-state index in [1.807, 2.05) is 16.3 Å². The summed E-state index contributed by atoms with van der Waals surface area (Å²) in [5.41, 5.74) is 2.30. The predicted molar refractivity (Wildman–Crippen MR) is 80.6 cm³/mol. The summed E-state index contributed by atoms with van der Waals surface area (Å²) in [5, 5.41) is 6.83. The Morgan fingerprint density at radius 2 is 2.05 bits per heavy atom. The molecule has 5 nitrogen and oxygen atoms in total. The first-order chi connectivity index (χ1) is 10.2. The summed E-state index contributed by atoms with van der Waals surface area (Å²) in [5.74, 6) is 0.0840. The summed E-state index contributed by atoms with van der Waals surface area (Å²) in [4.78, 5) is 18.8. The molecule has 0 aliphatic carbocycles. The Bertz CT molecular complexity index is 642. The van der Waals surface area contributed by atoms with Crippen LogP contribution in [-0.2, 0) is 0 Å². The monoisotopic (exact) mass is 322 g/mol. The van der Waals surface area contributed by atoms with Crippen molar-refractivity contribution in [2.24, 2.45) is 0 Å². The van der Waals surface area contributed by atoms with Gasteiger partial charge in [-0.2, -0.15) is 5.10 Å². The minimum Gasteiger partial charge on any atom is -0.331 e. The van der Waals surface area contributed by atoms with Crippen LogP contribution in [-0.4, -0.2) is 37.7 Å². The van der Waals surface area contributed by atoms with Gasteiger partial charge in [-0.25, -0.2) is 4.98 Å². The van der Waals surface area contributed by atoms with Gasteiger partial charge in [0.1, 0.15) is 5.69 Å². The van der Waals surface area contributed by atoms with E-state index in [1.165, 1.54) is 11.3 Å². The van der Waals surface area contributed by atoms with Gasteiger partial charge in [0.2, 0.25) is 0 Å². The van der Waals surface area contributed by atoms with Crippen LogP contribution in [0, 0.1) is 0 Å². The highest BCUT2D eigenvalue weighted by molar-refractivity contribution is 7.07. The Balaban J connectivity index is 1.55. The van der Waals surface area contributed by atoms with E-state index in [0.29, 0.717) is 28.8 Å². The lowest BCUT2D eigenvalue weighted by molar-refractivity contribution is 0.0519. The van der Waals surface area contributed by atoms with Crippen molar-refractivity contribution in [2.45, 2.75) is 43.8 Å². The minimum absolute atomic E-state index is 0.0840. The fourth-order valence-corrected chi connectivity index (χ4v) is 4.33. The molecule has 2 aliphatic rings. The highest BCUT2D eigenvalue weighted by atomic mass is 35.5. The molecule has 0 saturated carbocycles. The van der Waals surface area contributed by atoms with Crippen molar-refractivity contribution in [2.75, 3.05) is 0 Å². The molecule has 0 aromatic carbocycles. The number of thiazole rings is 1. The second kappa shape index (κ2) is 5.10. The highest BCUT2D eigenvalue weighted by Crippen LogP contribution is 2.41. The van der Waals surface area contributed by atoms with Crippen LogP contribution < -0.4 is 0 Å². The molecule has 0 N–H and O–H groups in total. The van der Waals surface area contributed by atoms with E-state index < -0.39 is 0 Å². The lowest BCUT2D eigenvalue weighted by atomic mass is 9.97. The maximum atomic E-state index is 12.6. The first-order valence-corrected chi connectivity index (χ1v) is 8.45. The van der Waals surface area contributed by atoms with Crippen molar-refractivity contribution >= 4 is 28.8 Å². The average molecular weight is 323 g/mol. The number of carbonyl (C=O) groups excluding carboxylic acids is 1. The number of nitrogens with zero attached hydrogens (tertiary/aromatic N) is 4. The molecule has 1 amide bonds. The highest BCUT2D eigenvalue weighted by Gasteiger charge is 2.44. The predicted octanol–water partition coefficient (Wildman–Crippen LogP) is 3.00. The first kappa shape index (κ1) is 13.3. The van der Waals surface area contributed by atoms with E-state index in [0.717, 1.165) is 25.7 Å². The van der Waals surface area contributed by atoms with Crippen LogP contribution in [0.5, 0.6) is 0 Å². The molecule has 2 saturated heterocycles. The van der Waals surface area contributed by atoms with Gasteiger partial charge < -0.3 is 4.90 Å². The zero-order chi connectivity index (χ0) is 14.4. The molecule has 110 valence electrons. The molecule has 0 spiro atoms. The third-order valence-electron chi connectivity index (χ3n) is 4.54. The largest absolute Gasteiger partial charge is 0.331 e. The van der Waals surface area contributed by atoms with Gasteiger partial charge in [-0.1, -0.05) is 11.6 Å². The van der Waals surface area contributed by atoms with Gasteiger partial charge >= 0.3 is 0 Å². The molecule has 21 heavy (non-hydrogen) atoms. The summed E-state index contributed by atoms with van der Waals surface area (Å²) >= 11 is 7.43. The quantitative estimate of drug-likeness (QED) is 0.854. The van der Waals surface area contributed by atoms with Crippen molar-refractivity contribution in [1.82, 2.24) is 19.7 Å². The van der Waals surface area contributed by atoms with Gasteiger partial charge in [0.05, 0.1) is 22.8 Å². The van der Waals surface area contributed by atoms with E-state index in [-0.39, 0.29) is 5.91 Å². The molecular weight excluding hydrogens is 308 g/mol. The zero-order valence-electron chi connectivity index (χ0n) is 11.4. The molecule has 2 aromatic rings. The van der Waals surface area contributed by atoms with Crippen LogP contribution in [0.3, 0.4) is 0 Å². The van der Waals surface area contributed by atoms with Gasteiger partial charge in [0.15, 0.2) is 0 Å². The third-order valence-corrected chi connectivity index (χ3v) is 5.32. The zero-order valence-corrected chi connectivity index (χ0v) is 12.9. The summed E-state index contributed by atoms with van der Waals surface area (Å²) in [6.07, 6.45) is 7.60. The number of aromatic nitrogens is 3. The van der Waals surface area contributed by atoms with Crippen LogP contribution in [0.1, 0.15) is 42.2 Å². The lowest BCUT2D eigenvalue weighted by Crippen LogP contribution is -2.47. The molecule has 2 unspecified atom stereocenters. The molecule has 4 rings (SSSR count). The summed E-state index contributed by atoms with van der Waals surface area (Å²) < 4.78 is 1.96. The number of hydrogen-bond donors (Lipinski definition) is 0. The number of hydrogen-bond acceptors (Lipinski definition) is 4. The Morgan fingerprint density at radius 3 is 2.62 bits per heavy atom. The van der Waals surface area contributed by atoms with Crippen LogP contribution in [0.2, 0.25) is 5.02 Å². The summed E-state index contributed by atoms with van der Waals surface area (Å²) in [6.45, 7) is 0. The Hall–Kier alpha value is -1.40. The molecule has 2 aromatic heterocycles. The van der Waals surface area contributed by atoms with E-state index in [1.54, 1.807) is 11.7 Å². The van der Waals surface area contributed by atoms with E-state index in [9.17, 15) is 4.79 Å². The van der Waals surface area contributed by atoms with Crippen molar-refractivity contribution in [3.63, 3.8) is 0 Å². The van der Waals surface area contributed by atoms with Crippen molar-refractivity contribution in [3.05, 3.63) is 34.0 Å². The van der Waals surface area contributed by atoms with Gasteiger partial charge in [-0.05, 0) is 25.7 Å². The number of carbonyl (C=O) groups is 1. The standard InChI is InChI=1S/C14H15ClN4OS/c15-9-5-17-18(6-9)12-3-10-1-2-11(4-12)19(10)14(20)13-7-21-8-16-13/h5-8,10-12H,1-4H2. The van der Waals surface area contributed by atoms with Crippen LogP contribution in [0.15, 0.2) is 23.3 Å². The number of piperidine rings is 1. The van der Waals surface area contributed by atoms with Gasteiger partial charge in [-0.3, -0.25) is 9.48 Å². The maximum Gasteiger partial charge on any atom is 0.273 e. The molecule has 2 atom stereocenters. The molecule has 2 fully saturated rings. The molecule has 0 radical (unpaired) electrons. The van der Waals surface area contributed by atoms with Gasteiger partial charge in [-0.15, -0.1) is 11.3 Å². The molecule has 2 bridgehead atoms. The smallest absolute Gasteiger partial charge is 0.273 e. The van der Waals surface area contributed by atoms with E-state index in [4.69, 9.17) is 11.6 Å². The topological polar surface area (TPSA) is 51.0 Å². The number of rotatable bonds is 2. The van der Waals surface area contributed by atoms with Crippen molar-refractivity contribution in [3.8, 4) is 0 Å². The second-order valence-electron chi connectivity index (χ2n) is 5.73. The molecule has 4 heterocycles. The van der Waals surface area contributed by atoms with Crippen LogP contribution in [0.25, 0.3) is 0 Å².